The van der Waals surface area contributed by atoms with Gasteiger partial charge in [0.2, 0.25) is 0 Å². The van der Waals surface area contributed by atoms with Crippen LogP contribution in [0.2, 0.25) is 0 Å². The second kappa shape index (κ2) is 2.27. The summed E-state index contributed by atoms with van der Waals surface area (Å²) in [5.41, 5.74) is 0.583. The van der Waals surface area contributed by atoms with Gasteiger partial charge >= 0.3 is 0 Å². The molecule has 1 heterocycles. The van der Waals surface area contributed by atoms with Crippen LogP contribution in [0.3, 0.4) is 0 Å². The van der Waals surface area contributed by atoms with Crippen molar-refractivity contribution in [2.45, 2.75) is 0 Å². The Kier molecular flexibility index (Phi) is 1.28. The molecule has 0 bridgehead atoms. The summed E-state index contributed by atoms with van der Waals surface area (Å²) in [6.07, 6.45) is 3.99. The predicted octanol–water partition coefficient (Wildman–Crippen LogP) is 1.57. The van der Waals surface area contributed by atoms with E-state index in [4.69, 9.17) is 0 Å². The summed E-state index contributed by atoms with van der Waals surface area (Å²) in [5, 5.41) is 0.824. The molecule has 0 saturated heterocycles. The number of hydrogen-bond donors (Lipinski definition) is 0. The number of halogens is 1. The molecule has 0 unspecified atom stereocenters. The maximum Gasteiger partial charge on any atom is 0.198 e. The van der Waals surface area contributed by atoms with Crippen LogP contribution in [-0.4, -0.2) is 9.97 Å². The number of fused-ring (bicyclic) bond motifs is 1. The standard InChI is InChI=1S/C8H4FN2/c9-7-2-1-6-4-10-5-11-8(6)3-7/h1-4H. The number of nitrogens with zero attached hydrogens (tertiary/aromatic N) is 2. The van der Waals surface area contributed by atoms with Gasteiger partial charge in [-0.15, -0.1) is 0 Å². The van der Waals surface area contributed by atoms with E-state index in [0.29, 0.717) is 5.52 Å². The zero-order valence-corrected chi connectivity index (χ0v) is 5.58. The number of hydrogen-bond acceptors (Lipinski definition) is 2. The van der Waals surface area contributed by atoms with Gasteiger partial charge in [-0.3, -0.25) is 0 Å². The van der Waals surface area contributed by atoms with Crippen LogP contribution in [0.1, 0.15) is 0 Å². The van der Waals surface area contributed by atoms with Crippen LogP contribution in [0.25, 0.3) is 10.9 Å². The van der Waals surface area contributed by atoms with Gasteiger partial charge in [-0.1, -0.05) is 0 Å². The van der Waals surface area contributed by atoms with Crippen LogP contribution < -0.4 is 0 Å². The summed E-state index contributed by atoms with van der Waals surface area (Å²) in [6, 6.07) is 4.37. The molecule has 1 aromatic heterocycles. The molecule has 0 saturated carbocycles. The first-order valence-corrected chi connectivity index (χ1v) is 3.14. The highest BCUT2D eigenvalue weighted by Crippen LogP contribution is 2.09. The SMILES string of the molecule is Fc1ccc2cn[c]nc2c1. The van der Waals surface area contributed by atoms with Crippen LogP contribution >= 0.6 is 0 Å². The molecule has 11 heavy (non-hydrogen) atoms. The summed E-state index contributed by atoms with van der Waals surface area (Å²) < 4.78 is 12.6. The minimum atomic E-state index is -0.287. The van der Waals surface area contributed by atoms with Crippen LogP contribution in [0.15, 0.2) is 24.4 Å². The summed E-state index contributed by atoms with van der Waals surface area (Å²) in [4.78, 5) is 7.45. The van der Waals surface area contributed by atoms with Gasteiger partial charge in [-0.25, -0.2) is 14.4 Å². The first kappa shape index (κ1) is 6.22. The summed E-state index contributed by atoms with van der Waals surface area (Å²) in [6.45, 7) is 0. The van der Waals surface area contributed by atoms with Gasteiger partial charge in [0.1, 0.15) is 5.82 Å². The van der Waals surface area contributed by atoms with E-state index in [9.17, 15) is 4.39 Å². The molecule has 2 aromatic rings. The van der Waals surface area contributed by atoms with E-state index >= 15 is 0 Å². The molecule has 3 heteroatoms. The van der Waals surface area contributed by atoms with Gasteiger partial charge < -0.3 is 0 Å². The van der Waals surface area contributed by atoms with Crippen molar-refractivity contribution >= 4 is 10.9 Å². The van der Waals surface area contributed by atoms with Gasteiger partial charge in [-0.05, 0) is 12.1 Å². The second-order valence-corrected chi connectivity index (χ2v) is 2.17. The van der Waals surface area contributed by atoms with Gasteiger partial charge in [0.25, 0.3) is 0 Å². The fourth-order valence-corrected chi connectivity index (χ4v) is 0.904. The lowest BCUT2D eigenvalue weighted by Gasteiger charge is -1.92. The molecule has 0 N–H and O–H groups in total. The van der Waals surface area contributed by atoms with Gasteiger partial charge in [-0.2, -0.15) is 0 Å². The Hall–Kier alpha value is -1.51. The molecule has 0 atom stereocenters. The van der Waals surface area contributed by atoms with Crippen LogP contribution in [-0.2, 0) is 0 Å². The summed E-state index contributed by atoms with van der Waals surface area (Å²) >= 11 is 0. The zero-order valence-electron chi connectivity index (χ0n) is 5.58. The molecule has 0 fully saturated rings. The Morgan fingerprint density at radius 2 is 2.27 bits per heavy atom. The molecule has 2 rings (SSSR count). The Morgan fingerprint density at radius 1 is 1.36 bits per heavy atom. The first-order valence-electron chi connectivity index (χ1n) is 3.14. The predicted molar refractivity (Wildman–Crippen MR) is 38.3 cm³/mol. The molecular formula is C8H4FN2. The average Bonchev–Trinajstić information content (AvgIpc) is 2.04. The quantitative estimate of drug-likeness (QED) is 0.565. The van der Waals surface area contributed by atoms with E-state index in [1.807, 2.05) is 0 Å². The number of rotatable bonds is 0. The molecule has 0 aliphatic carbocycles. The Bertz CT molecular complexity index is 387. The van der Waals surface area contributed by atoms with Crippen molar-refractivity contribution in [2.24, 2.45) is 0 Å². The summed E-state index contributed by atoms with van der Waals surface area (Å²) in [7, 11) is 0. The number of benzene rings is 1. The lowest BCUT2D eigenvalue weighted by Crippen LogP contribution is -1.81. The molecule has 0 aliphatic heterocycles. The molecule has 2 nitrogen and oxygen atoms in total. The Labute approximate surface area is 62.7 Å². The molecule has 0 spiro atoms. The molecule has 1 aromatic carbocycles. The number of aromatic nitrogens is 2. The van der Waals surface area contributed by atoms with Gasteiger partial charge in [0, 0.05) is 17.6 Å². The third kappa shape index (κ3) is 1.05. The van der Waals surface area contributed by atoms with Crippen molar-refractivity contribution in [3.8, 4) is 0 Å². The van der Waals surface area contributed by atoms with E-state index in [0.717, 1.165) is 5.39 Å². The highest BCUT2D eigenvalue weighted by Gasteiger charge is 1.94. The fourth-order valence-electron chi connectivity index (χ4n) is 0.904. The van der Waals surface area contributed by atoms with Crippen molar-refractivity contribution in [2.75, 3.05) is 0 Å². The lowest BCUT2D eigenvalue weighted by molar-refractivity contribution is 0.629. The molecule has 1 radical (unpaired) electrons. The van der Waals surface area contributed by atoms with Crippen molar-refractivity contribution in [1.82, 2.24) is 9.97 Å². The van der Waals surface area contributed by atoms with Crippen LogP contribution in [0.4, 0.5) is 4.39 Å². The molecule has 0 amide bonds. The highest BCUT2D eigenvalue weighted by molar-refractivity contribution is 5.76. The van der Waals surface area contributed by atoms with Gasteiger partial charge in [0.15, 0.2) is 6.33 Å². The van der Waals surface area contributed by atoms with E-state index in [-0.39, 0.29) is 5.82 Å². The van der Waals surface area contributed by atoms with Crippen molar-refractivity contribution < 1.29 is 4.39 Å². The average molecular weight is 147 g/mol. The molecular weight excluding hydrogens is 143 g/mol. The minimum absolute atomic E-state index is 0.287. The zero-order chi connectivity index (χ0) is 7.68. The fraction of sp³-hybridized carbons (Fsp3) is 0. The van der Waals surface area contributed by atoms with E-state index < -0.39 is 0 Å². The maximum atomic E-state index is 12.6. The van der Waals surface area contributed by atoms with Crippen molar-refractivity contribution in [3.63, 3.8) is 0 Å². The largest absolute Gasteiger partial charge is 0.233 e. The Balaban J connectivity index is 2.83. The summed E-state index contributed by atoms with van der Waals surface area (Å²) in [5.74, 6) is -0.287. The van der Waals surface area contributed by atoms with Gasteiger partial charge in [0.05, 0.1) is 5.52 Å². The topological polar surface area (TPSA) is 25.8 Å². The second-order valence-electron chi connectivity index (χ2n) is 2.17. The van der Waals surface area contributed by atoms with Crippen molar-refractivity contribution in [3.05, 3.63) is 36.5 Å². The normalized spacial score (nSPS) is 10.3. The highest BCUT2D eigenvalue weighted by atomic mass is 19.1. The smallest absolute Gasteiger partial charge is 0.198 e. The third-order valence-electron chi connectivity index (χ3n) is 1.42. The van der Waals surface area contributed by atoms with E-state index in [1.165, 1.54) is 12.1 Å². The van der Waals surface area contributed by atoms with Crippen LogP contribution in [0.5, 0.6) is 0 Å². The van der Waals surface area contributed by atoms with Crippen LogP contribution in [0, 0.1) is 12.1 Å². The minimum Gasteiger partial charge on any atom is -0.233 e. The monoisotopic (exact) mass is 147 g/mol. The molecule has 53 valence electrons. The lowest BCUT2D eigenvalue weighted by atomic mass is 10.2. The first-order chi connectivity index (χ1) is 5.36. The maximum absolute atomic E-state index is 12.6. The van der Waals surface area contributed by atoms with Crippen molar-refractivity contribution in [1.29, 1.82) is 0 Å². The third-order valence-corrected chi connectivity index (χ3v) is 1.42. The Morgan fingerprint density at radius 3 is 3.18 bits per heavy atom. The molecule has 0 aliphatic rings. The van der Waals surface area contributed by atoms with E-state index in [2.05, 4.69) is 16.3 Å². The van der Waals surface area contributed by atoms with E-state index in [1.54, 1.807) is 12.3 Å².